The van der Waals surface area contributed by atoms with E-state index in [1.807, 2.05) is 39.0 Å². The second-order valence-corrected chi connectivity index (χ2v) is 3.35. The van der Waals surface area contributed by atoms with E-state index in [1.54, 1.807) is 0 Å². The molecule has 0 saturated heterocycles. The maximum absolute atomic E-state index is 8.98. The van der Waals surface area contributed by atoms with Gasteiger partial charge in [0.2, 0.25) is 0 Å². The number of aryl methyl sites for hydroxylation is 1. The van der Waals surface area contributed by atoms with Gasteiger partial charge in [0.15, 0.2) is 0 Å². The van der Waals surface area contributed by atoms with Crippen LogP contribution in [0.1, 0.15) is 25.0 Å². The molecule has 1 aromatic rings. The van der Waals surface area contributed by atoms with Gasteiger partial charge in [0.1, 0.15) is 5.75 Å². The zero-order chi connectivity index (χ0) is 10.6. The summed E-state index contributed by atoms with van der Waals surface area (Å²) in [5, 5.41) is 8.98. The fraction of sp³-hybridized carbons (Fsp3) is 0.417. The molecule has 0 aliphatic heterocycles. The summed E-state index contributed by atoms with van der Waals surface area (Å²) in [7, 11) is 0. The quantitative estimate of drug-likeness (QED) is 0.795. The smallest absolute Gasteiger partial charge is 0.122 e. The zero-order valence-electron chi connectivity index (χ0n) is 9.00. The Kier molecular flexibility index (Phi) is 3.96. The molecule has 0 bridgehead atoms. The van der Waals surface area contributed by atoms with Crippen LogP contribution in [0.25, 0.3) is 0 Å². The summed E-state index contributed by atoms with van der Waals surface area (Å²) in [5.74, 6) is 1.90. The highest BCUT2D eigenvalue weighted by Crippen LogP contribution is 2.22. The van der Waals surface area contributed by atoms with Crippen LogP contribution in [-0.4, -0.2) is 18.3 Å². The number of hydrogen-bond acceptors (Lipinski definition) is 2. The molecule has 0 fully saturated rings. The van der Waals surface area contributed by atoms with Crippen LogP contribution >= 0.6 is 0 Å². The Hall–Kier alpha value is -1.02. The third-order valence-corrected chi connectivity index (χ3v) is 2.20. The van der Waals surface area contributed by atoms with Crippen molar-refractivity contribution < 1.29 is 9.84 Å². The Morgan fingerprint density at radius 2 is 2.14 bits per heavy atom. The molecule has 0 saturated carbocycles. The van der Waals surface area contributed by atoms with Gasteiger partial charge in [-0.3, -0.25) is 0 Å². The summed E-state index contributed by atoms with van der Waals surface area (Å²) in [6.07, 6.45) is 0. The van der Waals surface area contributed by atoms with Crippen molar-refractivity contribution in [1.29, 1.82) is 0 Å². The van der Waals surface area contributed by atoms with Gasteiger partial charge in [0, 0.05) is 5.92 Å². The molecule has 1 radical (unpaired) electrons. The Balaban J connectivity index is 2.88. The van der Waals surface area contributed by atoms with Gasteiger partial charge in [0.05, 0.1) is 13.2 Å². The number of rotatable bonds is 4. The normalized spacial score (nSPS) is 10.6. The molecule has 0 atom stereocenters. The minimum Gasteiger partial charge on any atom is -0.494 e. The van der Waals surface area contributed by atoms with Gasteiger partial charge >= 0.3 is 0 Å². The third-order valence-electron chi connectivity index (χ3n) is 2.20. The van der Waals surface area contributed by atoms with Gasteiger partial charge in [-0.25, -0.2) is 0 Å². The highest BCUT2D eigenvalue weighted by atomic mass is 16.5. The van der Waals surface area contributed by atoms with Gasteiger partial charge in [-0.15, -0.1) is 0 Å². The molecule has 0 amide bonds. The summed E-state index contributed by atoms with van der Waals surface area (Å²) < 4.78 is 5.43. The number of aliphatic hydroxyl groups excluding tert-OH is 1. The van der Waals surface area contributed by atoms with Crippen LogP contribution in [0.4, 0.5) is 0 Å². The van der Waals surface area contributed by atoms with Crippen molar-refractivity contribution >= 4 is 0 Å². The van der Waals surface area contributed by atoms with Gasteiger partial charge in [0.25, 0.3) is 0 Å². The molecule has 0 aliphatic rings. The molecule has 0 aromatic heterocycles. The van der Waals surface area contributed by atoms with E-state index in [4.69, 9.17) is 9.84 Å². The molecular weight excluding hydrogens is 176 g/mol. The van der Waals surface area contributed by atoms with Crippen molar-refractivity contribution in [2.24, 2.45) is 0 Å². The second kappa shape index (κ2) is 5.01. The number of ether oxygens (including phenoxy) is 1. The van der Waals surface area contributed by atoms with Crippen molar-refractivity contribution in [3.05, 3.63) is 35.2 Å². The Morgan fingerprint density at radius 3 is 2.64 bits per heavy atom. The number of hydrogen-bond donors (Lipinski definition) is 1. The van der Waals surface area contributed by atoms with E-state index in [0.717, 1.165) is 22.8 Å². The average molecular weight is 193 g/mol. The van der Waals surface area contributed by atoms with Gasteiger partial charge in [-0.1, -0.05) is 19.1 Å². The molecular formula is C12H17O2. The van der Waals surface area contributed by atoms with Crippen molar-refractivity contribution in [3.8, 4) is 5.75 Å². The van der Waals surface area contributed by atoms with E-state index in [0.29, 0.717) is 6.61 Å². The van der Waals surface area contributed by atoms with Gasteiger partial charge < -0.3 is 9.84 Å². The SMILES string of the molecule is CCOc1ccc([C](C)CO)cc1C. The van der Waals surface area contributed by atoms with E-state index >= 15 is 0 Å². The number of benzene rings is 1. The zero-order valence-corrected chi connectivity index (χ0v) is 9.00. The van der Waals surface area contributed by atoms with Crippen molar-refractivity contribution in [1.82, 2.24) is 0 Å². The molecule has 1 N–H and O–H groups in total. The summed E-state index contributed by atoms with van der Waals surface area (Å²) in [4.78, 5) is 0. The molecule has 0 spiro atoms. The maximum Gasteiger partial charge on any atom is 0.122 e. The Bertz CT molecular complexity index is 294. The Labute approximate surface area is 85.5 Å². The fourth-order valence-electron chi connectivity index (χ4n) is 1.32. The highest BCUT2D eigenvalue weighted by Gasteiger charge is 2.06. The van der Waals surface area contributed by atoms with Crippen LogP contribution in [0, 0.1) is 12.8 Å². The molecule has 14 heavy (non-hydrogen) atoms. The molecule has 77 valence electrons. The first-order valence-electron chi connectivity index (χ1n) is 4.86. The average Bonchev–Trinajstić information content (AvgIpc) is 2.20. The first-order valence-corrected chi connectivity index (χ1v) is 4.86. The standard InChI is InChI=1S/C12H17O2/c1-4-14-12-6-5-11(7-9(12)2)10(3)8-13/h5-7,13H,4,8H2,1-3H3. The molecule has 2 heteroatoms. The number of aliphatic hydroxyl groups is 1. The summed E-state index contributed by atoms with van der Waals surface area (Å²) in [6.45, 7) is 6.70. The van der Waals surface area contributed by atoms with Crippen molar-refractivity contribution in [2.45, 2.75) is 20.8 Å². The molecule has 0 unspecified atom stereocenters. The van der Waals surface area contributed by atoms with E-state index in [1.165, 1.54) is 0 Å². The third kappa shape index (κ3) is 2.48. The van der Waals surface area contributed by atoms with Crippen molar-refractivity contribution in [3.63, 3.8) is 0 Å². The lowest BCUT2D eigenvalue weighted by molar-refractivity contribution is 0.314. The summed E-state index contributed by atoms with van der Waals surface area (Å²) in [5.41, 5.74) is 2.19. The predicted octanol–water partition coefficient (Wildman–Crippen LogP) is 2.33. The van der Waals surface area contributed by atoms with Crippen LogP contribution in [0.2, 0.25) is 0 Å². The van der Waals surface area contributed by atoms with Crippen LogP contribution < -0.4 is 4.74 Å². The second-order valence-electron chi connectivity index (χ2n) is 3.35. The monoisotopic (exact) mass is 193 g/mol. The predicted molar refractivity (Wildman–Crippen MR) is 57.5 cm³/mol. The van der Waals surface area contributed by atoms with E-state index in [-0.39, 0.29) is 6.61 Å². The lowest BCUT2D eigenvalue weighted by atomic mass is 10.00. The van der Waals surface area contributed by atoms with E-state index in [2.05, 4.69) is 0 Å². The minimum absolute atomic E-state index is 0.105. The van der Waals surface area contributed by atoms with Gasteiger partial charge in [-0.2, -0.15) is 0 Å². The van der Waals surface area contributed by atoms with Crippen LogP contribution in [0.15, 0.2) is 18.2 Å². The minimum atomic E-state index is 0.105. The first-order chi connectivity index (χ1) is 6.69. The first kappa shape index (κ1) is 11.1. The molecule has 2 nitrogen and oxygen atoms in total. The summed E-state index contributed by atoms with van der Waals surface area (Å²) in [6, 6.07) is 5.97. The van der Waals surface area contributed by atoms with E-state index in [9.17, 15) is 0 Å². The van der Waals surface area contributed by atoms with E-state index < -0.39 is 0 Å². The topological polar surface area (TPSA) is 29.5 Å². The van der Waals surface area contributed by atoms with Gasteiger partial charge in [-0.05, 0) is 31.0 Å². The molecule has 1 aromatic carbocycles. The lowest BCUT2D eigenvalue weighted by Gasteiger charge is -2.11. The lowest BCUT2D eigenvalue weighted by Crippen LogP contribution is -2.01. The maximum atomic E-state index is 8.98. The largest absolute Gasteiger partial charge is 0.494 e. The van der Waals surface area contributed by atoms with Crippen molar-refractivity contribution in [2.75, 3.05) is 13.2 Å². The summed E-state index contributed by atoms with van der Waals surface area (Å²) >= 11 is 0. The molecule has 0 heterocycles. The van der Waals surface area contributed by atoms with Crippen LogP contribution in [0.5, 0.6) is 5.75 Å². The molecule has 1 rings (SSSR count). The highest BCUT2D eigenvalue weighted by molar-refractivity contribution is 5.41. The molecule has 0 aliphatic carbocycles. The van der Waals surface area contributed by atoms with Crippen LogP contribution in [0.3, 0.4) is 0 Å². The Morgan fingerprint density at radius 1 is 1.43 bits per heavy atom. The van der Waals surface area contributed by atoms with Crippen LogP contribution in [-0.2, 0) is 0 Å². The fourth-order valence-corrected chi connectivity index (χ4v) is 1.32.